The molecule has 2 aromatic carbocycles. The minimum Gasteiger partial charge on any atom is -0.502 e. The second kappa shape index (κ2) is 6.44. The van der Waals surface area contributed by atoms with Crippen LogP contribution in [0.5, 0.6) is 5.75 Å². The highest BCUT2D eigenvalue weighted by atomic mass is 32.2. The number of thioether (sulfide) groups is 1. The highest BCUT2D eigenvalue weighted by molar-refractivity contribution is 7.98. The number of aromatic nitrogens is 4. The molecule has 23 heavy (non-hydrogen) atoms. The maximum atomic E-state index is 10.8. The van der Waals surface area contributed by atoms with Crippen molar-refractivity contribution < 1.29 is 10.0 Å². The molecule has 3 rings (SSSR count). The van der Waals surface area contributed by atoms with Gasteiger partial charge in [0.2, 0.25) is 5.16 Å². The fourth-order valence-electron chi connectivity index (χ4n) is 1.95. The number of nitro groups is 1. The second-order valence-corrected chi connectivity index (χ2v) is 5.52. The topological polar surface area (TPSA) is 107 Å². The molecular formula is C14H11N5O3S. The van der Waals surface area contributed by atoms with E-state index in [1.54, 1.807) is 10.7 Å². The number of hydrogen-bond donors (Lipinski definition) is 1. The number of nitro benzene ring substituents is 1. The van der Waals surface area contributed by atoms with E-state index in [0.29, 0.717) is 16.5 Å². The van der Waals surface area contributed by atoms with Crippen molar-refractivity contribution in [1.29, 1.82) is 0 Å². The van der Waals surface area contributed by atoms with Gasteiger partial charge in [0.1, 0.15) is 0 Å². The van der Waals surface area contributed by atoms with Gasteiger partial charge < -0.3 is 5.11 Å². The SMILES string of the molecule is O=[N+]([O-])c1cc(CSc2nnnn2-c2ccccc2)ccc1O. The van der Waals surface area contributed by atoms with Crippen LogP contribution in [0.1, 0.15) is 5.56 Å². The van der Waals surface area contributed by atoms with Crippen LogP contribution in [-0.2, 0) is 5.75 Å². The number of tetrazole rings is 1. The van der Waals surface area contributed by atoms with Crippen LogP contribution in [-0.4, -0.2) is 30.2 Å². The zero-order chi connectivity index (χ0) is 16.2. The van der Waals surface area contributed by atoms with Crippen LogP contribution in [0.2, 0.25) is 0 Å². The Kier molecular flexibility index (Phi) is 4.20. The van der Waals surface area contributed by atoms with E-state index in [9.17, 15) is 15.2 Å². The van der Waals surface area contributed by atoms with Crippen molar-refractivity contribution in [3.8, 4) is 11.4 Å². The molecule has 0 aliphatic heterocycles. The Labute approximate surface area is 134 Å². The number of phenolic OH excluding ortho intramolecular Hbond substituents is 1. The molecule has 0 aliphatic carbocycles. The van der Waals surface area contributed by atoms with E-state index in [1.807, 2.05) is 30.3 Å². The highest BCUT2D eigenvalue weighted by Gasteiger charge is 2.15. The molecule has 0 radical (unpaired) electrons. The summed E-state index contributed by atoms with van der Waals surface area (Å²) < 4.78 is 1.60. The number of rotatable bonds is 5. The predicted molar refractivity (Wildman–Crippen MR) is 83.5 cm³/mol. The fraction of sp³-hybridized carbons (Fsp3) is 0.0714. The molecule has 116 valence electrons. The summed E-state index contributed by atoms with van der Waals surface area (Å²) in [5.74, 6) is 0.0896. The lowest BCUT2D eigenvalue weighted by molar-refractivity contribution is -0.385. The van der Waals surface area contributed by atoms with Crippen molar-refractivity contribution in [1.82, 2.24) is 20.2 Å². The van der Waals surface area contributed by atoms with Crippen molar-refractivity contribution in [3.63, 3.8) is 0 Å². The quantitative estimate of drug-likeness (QED) is 0.435. The highest BCUT2D eigenvalue weighted by Crippen LogP contribution is 2.29. The molecule has 0 saturated carbocycles. The van der Waals surface area contributed by atoms with Crippen LogP contribution < -0.4 is 0 Å². The van der Waals surface area contributed by atoms with E-state index in [0.717, 1.165) is 5.69 Å². The van der Waals surface area contributed by atoms with Crippen molar-refractivity contribution >= 4 is 17.4 Å². The van der Waals surface area contributed by atoms with E-state index in [4.69, 9.17) is 0 Å². The van der Waals surface area contributed by atoms with Crippen molar-refractivity contribution in [2.75, 3.05) is 0 Å². The molecule has 0 bridgehead atoms. The smallest absolute Gasteiger partial charge is 0.310 e. The van der Waals surface area contributed by atoms with E-state index in [1.165, 1.54) is 23.9 Å². The van der Waals surface area contributed by atoms with Gasteiger partial charge in [-0.15, -0.1) is 5.10 Å². The molecule has 0 aliphatic rings. The number of phenols is 1. The van der Waals surface area contributed by atoms with Crippen molar-refractivity contribution in [2.24, 2.45) is 0 Å². The zero-order valence-corrected chi connectivity index (χ0v) is 12.6. The normalized spacial score (nSPS) is 10.6. The van der Waals surface area contributed by atoms with Gasteiger partial charge in [-0.05, 0) is 34.2 Å². The third-order valence-electron chi connectivity index (χ3n) is 3.05. The number of aromatic hydroxyl groups is 1. The lowest BCUT2D eigenvalue weighted by atomic mass is 10.2. The summed E-state index contributed by atoms with van der Waals surface area (Å²) in [4.78, 5) is 10.2. The third kappa shape index (κ3) is 3.29. The van der Waals surface area contributed by atoms with Crippen LogP contribution in [0, 0.1) is 10.1 Å². The molecule has 0 amide bonds. The predicted octanol–water partition coefficient (Wildman–Crippen LogP) is 2.57. The van der Waals surface area contributed by atoms with Gasteiger partial charge in [-0.2, -0.15) is 4.68 Å². The molecule has 0 saturated heterocycles. The minimum atomic E-state index is -0.614. The average Bonchev–Trinajstić information content (AvgIpc) is 3.03. The first-order chi connectivity index (χ1) is 11.1. The summed E-state index contributed by atoms with van der Waals surface area (Å²) in [7, 11) is 0. The Morgan fingerprint density at radius 1 is 1.22 bits per heavy atom. The molecular weight excluding hydrogens is 318 g/mol. The first kappa shape index (κ1) is 15.0. The molecule has 0 fully saturated rings. The van der Waals surface area contributed by atoms with Crippen LogP contribution in [0.3, 0.4) is 0 Å². The maximum Gasteiger partial charge on any atom is 0.310 e. The number of hydrogen-bond acceptors (Lipinski definition) is 7. The summed E-state index contributed by atoms with van der Waals surface area (Å²) >= 11 is 1.35. The van der Waals surface area contributed by atoms with Gasteiger partial charge in [-0.3, -0.25) is 10.1 Å². The lowest BCUT2D eigenvalue weighted by Gasteiger charge is -2.04. The molecule has 8 nitrogen and oxygen atoms in total. The third-order valence-corrected chi connectivity index (χ3v) is 4.04. The first-order valence-corrected chi connectivity index (χ1v) is 7.56. The monoisotopic (exact) mass is 329 g/mol. The second-order valence-electron chi connectivity index (χ2n) is 4.58. The molecule has 0 unspecified atom stereocenters. The summed E-state index contributed by atoms with van der Waals surface area (Å²) in [5.41, 5.74) is 1.21. The summed E-state index contributed by atoms with van der Waals surface area (Å²) in [6.07, 6.45) is 0. The molecule has 9 heteroatoms. The lowest BCUT2D eigenvalue weighted by Crippen LogP contribution is -1.98. The molecule has 3 aromatic rings. The number of para-hydroxylation sites is 1. The number of benzene rings is 2. The van der Waals surface area contributed by atoms with Gasteiger partial charge in [0.25, 0.3) is 0 Å². The largest absolute Gasteiger partial charge is 0.502 e. The van der Waals surface area contributed by atoms with Crippen LogP contribution in [0.4, 0.5) is 5.69 Å². The summed E-state index contributed by atoms with van der Waals surface area (Å²) in [6.45, 7) is 0. The van der Waals surface area contributed by atoms with Crippen molar-refractivity contribution in [2.45, 2.75) is 10.9 Å². The Bertz CT molecular complexity index is 837. The summed E-state index contributed by atoms with van der Waals surface area (Å²) in [5, 5.41) is 32.5. The van der Waals surface area contributed by atoms with Gasteiger partial charge in [-0.1, -0.05) is 36.0 Å². The molecule has 1 aromatic heterocycles. The zero-order valence-electron chi connectivity index (χ0n) is 11.7. The van der Waals surface area contributed by atoms with E-state index >= 15 is 0 Å². The van der Waals surface area contributed by atoms with Crippen LogP contribution in [0.15, 0.2) is 53.7 Å². The Balaban J connectivity index is 1.79. The van der Waals surface area contributed by atoms with E-state index in [2.05, 4.69) is 15.5 Å². The van der Waals surface area contributed by atoms with Gasteiger partial charge in [-0.25, -0.2) is 0 Å². The maximum absolute atomic E-state index is 10.8. The average molecular weight is 329 g/mol. The molecule has 0 spiro atoms. The van der Waals surface area contributed by atoms with Gasteiger partial charge in [0.05, 0.1) is 10.6 Å². The van der Waals surface area contributed by atoms with Gasteiger partial charge in [0, 0.05) is 11.8 Å². The molecule has 1 heterocycles. The van der Waals surface area contributed by atoms with Crippen molar-refractivity contribution in [3.05, 3.63) is 64.2 Å². The standard InChI is InChI=1S/C14H11N5O3S/c20-13-7-6-10(8-12(13)19(21)22)9-23-14-15-16-17-18(14)11-4-2-1-3-5-11/h1-8,20H,9H2. The van der Waals surface area contributed by atoms with Gasteiger partial charge in [0.15, 0.2) is 5.75 Å². The molecule has 1 N–H and O–H groups in total. The Morgan fingerprint density at radius 3 is 2.74 bits per heavy atom. The first-order valence-electron chi connectivity index (χ1n) is 6.58. The van der Waals surface area contributed by atoms with E-state index < -0.39 is 4.92 Å². The minimum absolute atomic E-state index is 0.314. The fourth-order valence-corrected chi connectivity index (χ4v) is 2.79. The van der Waals surface area contributed by atoms with Gasteiger partial charge >= 0.3 is 5.69 Å². The van der Waals surface area contributed by atoms with Crippen LogP contribution in [0.25, 0.3) is 5.69 Å². The summed E-state index contributed by atoms with van der Waals surface area (Å²) in [6, 6.07) is 13.7. The van der Waals surface area contributed by atoms with Crippen LogP contribution >= 0.6 is 11.8 Å². The molecule has 0 atom stereocenters. The van der Waals surface area contributed by atoms with E-state index in [-0.39, 0.29) is 11.4 Å². The Morgan fingerprint density at radius 2 is 2.00 bits per heavy atom. The number of nitrogens with zero attached hydrogens (tertiary/aromatic N) is 5. The Hall–Kier alpha value is -2.94.